The fourth-order valence-electron chi connectivity index (χ4n) is 2.22. The van der Waals surface area contributed by atoms with E-state index in [1.165, 1.54) is 0 Å². The Hall–Kier alpha value is -2.29. The van der Waals surface area contributed by atoms with Gasteiger partial charge in [-0.3, -0.25) is 0 Å². The van der Waals surface area contributed by atoms with Crippen molar-refractivity contribution in [2.45, 2.75) is 38.8 Å². The number of ether oxygens (including phenoxy) is 1. The number of hydrogen-bond donors (Lipinski definition) is 1. The van der Waals surface area contributed by atoms with Gasteiger partial charge in [-0.2, -0.15) is 5.26 Å². The molecule has 1 aliphatic heterocycles. The van der Waals surface area contributed by atoms with Gasteiger partial charge < -0.3 is 15.0 Å². The van der Waals surface area contributed by atoms with Gasteiger partial charge in [-0.1, -0.05) is 0 Å². The van der Waals surface area contributed by atoms with Gasteiger partial charge in [0.05, 0.1) is 17.7 Å². The van der Waals surface area contributed by atoms with E-state index in [9.17, 15) is 4.79 Å². The van der Waals surface area contributed by atoms with Gasteiger partial charge in [0.1, 0.15) is 11.4 Å². The highest BCUT2D eigenvalue weighted by molar-refractivity contribution is 5.68. The zero-order valence-corrected chi connectivity index (χ0v) is 12.6. The summed E-state index contributed by atoms with van der Waals surface area (Å²) < 4.78 is 5.25. The van der Waals surface area contributed by atoms with Crippen LogP contribution in [0.1, 0.15) is 32.8 Å². The Morgan fingerprint density at radius 2 is 2.33 bits per heavy atom. The van der Waals surface area contributed by atoms with Gasteiger partial charge >= 0.3 is 6.09 Å². The number of carbonyl (C=O) groups is 1. The standard InChI is InChI=1S/C15H20N4O2/c1-15(2,3)21-14(20)18-12-5-7-19(10-12)13-8-11(9-16)4-6-17-13/h4,6,8,12H,5,7,10H2,1-3H3,(H,18,20)/t12-/m0/s1. The van der Waals surface area contributed by atoms with Crippen molar-refractivity contribution in [3.63, 3.8) is 0 Å². The minimum Gasteiger partial charge on any atom is -0.444 e. The quantitative estimate of drug-likeness (QED) is 0.901. The average Bonchev–Trinajstić information content (AvgIpc) is 2.85. The lowest BCUT2D eigenvalue weighted by Crippen LogP contribution is -2.40. The first-order chi connectivity index (χ1) is 9.87. The third-order valence-corrected chi connectivity index (χ3v) is 3.11. The number of alkyl carbamates (subject to hydrolysis) is 1. The third-order valence-electron chi connectivity index (χ3n) is 3.11. The molecule has 0 aromatic carbocycles. The van der Waals surface area contributed by atoms with Gasteiger partial charge in [-0.05, 0) is 39.3 Å². The molecule has 0 spiro atoms. The number of nitriles is 1. The maximum atomic E-state index is 11.7. The molecule has 1 saturated heterocycles. The smallest absolute Gasteiger partial charge is 0.407 e. The van der Waals surface area contributed by atoms with Crippen LogP contribution in [0.25, 0.3) is 0 Å². The van der Waals surface area contributed by atoms with Crippen LogP contribution in [-0.4, -0.2) is 35.8 Å². The van der Waals surface area contributed by atoms with Gasteiger partial charge in [-0.25, -0.2) is 9.78 Å². The van der Waals surface area contributed by atoms with Crippen molar-refractivity contribution >= 4 is 11.9 Å². The Bertz CT molecular complexity index is 560. The molecule has 1 fully saturated rings. The second kappa shape index (κ2) is 6.00. The summed E-state index contributed by atoms with van der Waals surface area (Å²) in [5.41, 5.74) is 0.0916. The minimum atomic E-state index is -0.495. The molecule has 0 saturated carbocycles. The van der Waals surface area contributed by atoms with Crippen LogP contribution in [0, 0.1) is 11.3 Å². The predicted molar refractivity (Wildman–Crippen MR) is 78.9 cm³/mol. The number of anilines is 1. The lowest BCUT2D eigenvalue weighted by Gasteiger charge is -2.22. The van der Waals surface area contributed by atoms with Crippen molar-refractivity contribution in [3.8, 4) is 6.07 Å². The van der Waals surface area contributed by atoms with E-state index < -0.39 is 11.7 Å². The maximum absolute atomic E-state index is 11.7. The van der Waals surface area contributed by atoms with Gasteiger partial charge in [0.2, 0.25) is 0 Å². The fraction of sp³-hybridized carbons (Fsp3) is 0.533. The number of hydrogen-bond acceptors (Lipinski definition) is 5. The number of rotatable bonds is 2. The molecular weight excluding hydrogens is 268 g/mol. The average molecular weight is 288 g/mol. The number of aromatic nitrogens is 1. The molecule has 1 aliphatic rings. The number of amides is 1. The van der Waals surface area contributed by atoms with Crippen molar-refractivity contribution in [3.05, 3.63) is 23.9 Å². The van der Waals surface area contributed by atoms with Gasteiger partial charge in [-0.15, -0.1) is 0 Å². The summed E-state index contributed by atoms with van der Waals surface area (Å²) in [5.74, 6) is 0.766. The van der Waals surface area contributed by atoms with Crippen molar-refractivity contribution in [1.82, 2.24) is 10.3 Å². The van der Waals surface area contributed by atoms with Crippen LogP contribution in [0.5, 0.6) is 0 Å². The van der Waals surface area contributed by atoms with E-state index >= 15 is 0 Å². The maximum Gasteiger partial charge on any atom is 0.407 e. The highest BCUT2D eigenvalue weighted by Crippen LogP contribution is 2.19. The topological polar surface area (TPSA) is 78.2 Å². The molecule has 0 bridgehead atoms. The molecule has 1 amide bonds. The van der Waals surface area contributed by atoms with E-state index in [0.717, 1.165) is 18.8 Å². The summed E-state index contributed by atoms with van der Waals surface area (Å²) >= 11 is 0. The Balaban J connectivity index is 1.92. The molecule has 21 heavy (non-hydrogen) atoms. The summed E-state index contributed by atoms with van der Waals surface area (Å²) in [7, 11) is 0. The molecule has 6 heteroatoms. The predicted octanol–water partition coefficient (Wildman–Crippen LogP) is 2.06. The van der Waals surface area contributed by atoms with E-state index in [1.54, 1.807) is 18.3 Å². The lowest BCUT2D eigenvalue weighted by atomic mass is 10.2. The Morgan fingerprint density at radius 3 is 3.00 bits per heavy atom. The first-order valence-electron chi connectivity index (χ1n) is 6.98. The van der Waals surface area contributed by atoms with E-state index in [2.05, 4.69) is 21.3 Å². The van der Waals surface area contributed by atoms with E-state index in [0.29, 0.717) is 12.1 Å². The monoisotopic (exact) mass is 288 g/mol. The Morgan fingerprint density at radius 1 is 1.57 bits per heavy atom. The highest BCUT2D eigenvalue weighted by Gasteiger charge is 2.26. The number of pyridine rings is 1. The van der Waals surface area contributed by atoms with Crippen LogP contribution >= 0.6 is 0 Å². The molecule has 2 rings (SSSR count). The third kappa shape index (κ3) is 4.35. The number of nitrogens with one attached hydrogen (secondary N) is 1. The zero-order valence-electron chi connectivity index (χ0n) is 12.6. The molecule has 112 valence electrons. The zero-order chi connectivity index (χ0) is 15.5. The van der Waals surface area contributed by atoms with Crippen LogP contribution in [-0.2, 0) is 4.74 Å². The number of nitrogens with zero attached hydrogens (tertiary/aromatic N) is 3. The van der Waals surface area contributed by atoms with Crippen molar-refractivity contribution in [2.75, 3.05) is 18.0 Å². The molecule has 6 nitrogen and oxygen atoms in total. The van der Waals surface area contributed by atoms with Crippen LogP contribution in [0.15, 0.2) is 18.3 Å². The molecule has 1 N–H and O–H groups in total. The van der Waals surface area contributed by atoms with Crippen LogP contribution in [0.3, 0.4) is 0 Å². The lowest BCUT2D eigenvalue weighted by molar-refractivity contribution is 0.0509. The second-order valence-corrected chi connectivity index (χ2v) is 6.09. The van der Waals surface area contributed by atoms with E-state index in [-0.39, 0.29) is 6.04 Å². The molecular formula is C15H20N4O2. The molecule has 1 aromatic heterocycles. The second-order valence-electron chi connectivity index (χ2n) is 6.09. The van der Waals surface area contributed by atoms with Crippen LogP contribution < -0.4 is 10.2 Å². The van der Waals surface area contributed by atoms with Crippen LogP contribution in [0.4, 0.5) is 10.6 Å². The largest absolute Gasteiger partial charge is 0.444 e. The number of carbonyl (C=O) groups excluding carboxylic acids is 1. The van der Waals surface area contributed by atoms with Gasteiger partial charge in [0.15, 0.2) is 0 Å². The Kier molecular flexibility index (Phi) is 4.32. The Labute approximate surface area is 124 Å². The summed E-state index contributed by atoms with van der Waals surface area (Å²) in [6.45, 7) is 6.98. The SMILES string of the molecule is CC(C)(C)OC(=O)N[C@H]1CCN(c2cc(C#N)ccn2)C1. The van der Waals surface area contributed by atoms with Crippen molar-refractivity contribution in [1.29, 1.82) is 5.26 Å². The first-order valence-corrected chi connectivity index (χ1v) is 6.98. The minimum absolute atomic E-state index is 0.0346. The highest BCUT2D eigenvalue weighted by atomic mass is 16.6. The summed E-state index contributed by atoms with van der Waals surface area (Å²) in [6, 6.07) is 5.57. The van der Waals surface area contributed by atoms with Crippen molar-refractivity contribution in [2.24, 2.45) is 0 Å². The summed E-state index contributed by atoms with van der Waals surface area (Å²) in [6.07, 6.45) is 2.06. The van der Waals surface area contributed by atoms with Crippen LogP contribution in [0.2, 0.25) is 0 Å². The van der Waals surface area contributed by atoms with E-state index in [4.69, 9.17) is 10.00 Å². The first kappa shape index (κ1) is 15.1. The molecule has 1 atom stereocenters. The van der Waals surface area contributed by atoms with Gasteiger partial charge in [0, 0.05) is 19.3 Å². The molecule has 2 heterocycles. The van der Waals surface area contributed by atoms with Gasteiger partial charge in [0.25, 0.3) is 0 Å². The van der Waals surface area contributed by atoms with Crippen molar-refractivity contribution < 1.29 is 9.53 Å². The molecule has 1 aromatic rings. The van der Waals surface area contributed by atoms with E-state index in [1.807, 2.05) is 20.8 Å². The fourth-order valence-corrected chi connectivity index (χ4v) is 2.22. The molecule has 0 radical (unpaired) electrons. The molecule has 0 unspecified atom stereocenters. The molecule has 0 aliphatic carbocycles. The normalized spacial score (nSPS) is 18.2. The summed E-state index contributed by atoms with van der Waals surface area (Å²) in [5, 5.41) is 11.8. The summed E-state index contributed by atoms with van der Waals surface area (Å²) in [4.78, 5) is 18.1.